The van der Waals surface area contributed by atoms with Crippen molar-refractivity contribution in [1.82, 2.24) is 9.99 Å². The molecular formula is C16H14F3N3O2. The van der Waals surface area contributed by atoms with Crippen LogP contribution in [0, 0.1) is 0 Å². The fourth-order valence-corrected chi connectivity index (χ4v) is 1.98. The lowest BCUT2D eigenvalue weighted by Crippen LogP contribution is -2.30. The molecule has 1 heterocycles. The number of hydrogen-bond acceptors (Lipinski definition) is 3. The van der Waals surface area contributed by atoms with Crippen molar-refractivity contribution in [1.29, 1.82) is 0 Å². The van der Waals surface area contributed by atoms with Crippen LogP contribution in [0.1, 0.15) is 28.4 Å². The number of aromatic nitrogens is 1. The second-order valence-electron chi connectivity index (χ2n) is 4.84. The fourth-order valence-electron chi connectivity index (χ4n) is 1.98. The molecule has 0 saturated carbocycles. The predicted molar refractivity (Wildman–Crippen MR) is 82.9 cm³/mol. The van der Waals surface area contributed by atoms with E-state index < -0.39 is 23.2 Å². The monoisotopic (exact) mass is 337 g/mol. The zero-order chi connectivity index (χ0) is 17.7. The minimum atomic E-state index is -4.46. The molecule has 24 heavy (non-hydrogen) atoms. The first-order valence-corrected chi connectivity index (χ1v) is 7.03. The largest absolute Gasteiger partial charge is 0.416 e. The third-order valence-corrected chi connectivity index (χ3v) is 3.20. The Bertz CT molecular complexity index is 826. The summed E-state index contributed by atoms with van der Waals surface area (Å²) in [5.41, 5.74) is 0.928. The highest BCUT2D eigenvalue weighted by atomic mass is 19.4. The Morgan fingerprint density at radius 1 is 1.29 bits per heavy atom. The number of amides is 1. The number of aryl methyl sites for hydroxylation is 1. The van der Waals surface area contributed by atoms with Crippen molar-refractivity contribution in [3.8, 4) is 0 Å². The van der Waals surface area contributed by atoms with E-state index in [0.29, 0.717) is 6.54 Å². The summed E-state index contributed by atoms with van der Waals surface area (Å²) < 4.78 is 39.2. The average molecular weight is 337 g/mol. The van der Waals surface area contributed by atoms with Gasteiger partial charge in [-0.15, -0.1) is 0 Å². The summed E-state index contributed by atoms with van der Waals surface area (Å²) >= 11 is 0. The normalized spacial score (nSPS) is 11.7. The summed E-state index contributed by atoms with van der Waals surface area (Å²) in [6.45, 7) is 2.17. The lowest BCUT2D eigenvalue weighted by atomic mass is 10.1. The van der Waals surface area contributed by atoms with Crippen LogP contribution in [0.4, 0.5) is 13.2 Å². The van der Waals surface area contributed by atoms with Crippen LogP contribution < -0.4 is 11.0 Å². The number of rotatable bonds is 4. The maximum Gasteiger partial charge on any atom is 0.416 e. The number of pyridine rings is 1. The zero-order valence-electron chi connectivity index (χ0n) is 12.7. The summed E-state index contributed by atoms with van der Waals surface area (Å²) in [5.74, 6) is -0.731. The van der Waals surface area contributed by atoms with Gasteiger partial charge in [-0.2, -0.15) is 18.3 Å². The van der Waals surface area contributed by atoms with Crippen molar-refractivity contribution in [2.24, 2.45) is 5.10 Å². The number of nitrogens with one attached hydrogen (secondary N) is 1. The first-order chi connectivity index (χ1) is 11.3. The number of benzene rings is 1. The van der Waals surface area contributed by atoms with Crippen LogP contribution in [0.15, 0.2) is 52.5 Å². The van der Waals surface area contributed by atoms with Crippen LogP contribution in [0.2, 0.25) is 0 Å². The van der Waals surface area contributed by atoms with Crippen LogP contribution >= 0.6 is 0 Å². The molecule has 0 unspecified atom stereocenters. The molecule has 5 nitrogen and oxygen atoms in total. The first kappa shape index (κ1) is 17.5. The molecule has 2 rings (SSSR count). The van der Waals surface area contributed by atoms with Gasteiger partial charge in [-0.05, 0) is 36.8 Å². The van der Waals surface area contributed by atoms with Gasteiger partial charge in [0.25, 0.3) is 11.5 Å². The highest BCUT2D eigenvalue weighted by Gasteiger charge is 2.30. The Morgan fingerprint density at radius 2 is 2.04 bits per heavy atom. The SMILES string of the molecule is CCn1cccc(C(=O)N/N=C\c2cccc(C(F)(F)F)c2)c1=O. The number of carbonyl (C=O) groups excluding carboxylic acids is 1. The Morgan fingerprint density at radius 3 is 2.71 bits per heavy atom. The molecule has 0 radical (unpaired) electrons. The molecule has 0 spiro atoms. The van der Waals surface area contributed by atoms with Gasteiger partial charge >= 0.3 is 6.18 Å². The highest BCUT2D eigenvalue weighted by molar-refractivity contribution is 5.94. The van der Waals surface area contributed by atoms with Crippen molar-refractivity contribution >= 4 is 12.1 Å². The van der Waals surface area contributed by atoms with Gasteiger partial charge in [-0.3, -0.25) is 9.59 Å². The zero-order valence-corrected chi connectivity index (χ0v) is 12.7. The molecule has 0 atom stereocenters. The summed E-state index contributed by atoms with van der Waals surface area (Å²) in [6, 6.07) is 7.40. The summed E-state index contributed by atoms with van der Waals surface area (Å²) in [6.07, 6.45) is -1.83. The Hall–Kier alpha value is -2.90. The molecule has 0 fully saturated rings. The number of nitrogens with zero attached hydrogens (tertiary/aromatic N) is 2. The molecule has 1 N–H and O–H groups in total. The van der Waals surface area contributed by atoms with E-state index in [0.717, 1.165) is 18.3 Å². The van der Waals surface area contributed by atoms with Crippen molar-refractivity contribution in [3.05, 3.63) is 69.6 Å². The van der Waals surface area contributed by atoms with Crippen LogP contribution in [-0.4, -0.2) is 16.7 Å². The highest BCUT2D eigenvalue weighted by Crippen LogP contribution is 2.29. The van der Waals surface area contributed by atoms with Crippen molar-refractivity contribution in [2.45, 2.75) is 19.6 Å². The molecule has 0 aliphatic heterocycles. The number of hydrazone groups is 1. The van der Waals surface area contributed by atoms with Crippen molar-refractivity contribution in [2.75, 3.05) is 0 Å². The van der Waals surface area contributed by atoms with Crippen LogP contribution in [0.25, 0.3) is 0 Å². The molecule has 0 aliphatic rings. The molecule has 1 aromatic heterocycles. The summed E-state index contributed by atoms with van der Waals surface area (Å²) in [7, 11) is 0. The number of alkyl halides is 3. The topological polar surface area (TPSA) is 63.5 Å². The van der Waals surface area contributed by atoms with E-state index in [1.807, 2.05) is 0 Å². The van der Waals surface area contributed by atoms with Gasteiger partial charge in [0.1, 0.15) is 5.56 Å². The van der Waals surface area contributed by atoms with Crippen LogP contribution in [0.5, 0.6) is 0 Å². The Balaban J connectivity index is 2.12. The minimum absolute atomic E-state index is 0.0967. The molecule has 8 heteroatoms. The number of carbonyl (C=O) groups is 1. The maximum atomic E-state index is 12.6. The minimum Gasteiger partial charge on any atom is -0.315 e. The second kappa shape index (κ2) is 7.12. The summed E-state index contributed by atoms with van der Waals surface area (Å²) in [4.78, 5) is 23.9. The lowest BCUT2D eigenvalue weighted by Gasteiger charge is -2.06. The Labute approximate surface area is 135 Å². The van der Waals surface area contributed by atoms with Gasteiger partial charge < -0.3 is 4.57 Å². The lowest BCUT2D eigenvalue weighted by molar-refractivity contribution is -0.137. The van der Waals surface area contributed by atoms with E-state index in [4.69, 9.17) is 0 Å². The molecule has 2 aromatic rings. The van der Waals surface area contributed by atoms with Gasteiger partial charge in [0.2, 0.25) is 0 Å². The van der Waals surface area contributed by atoms with E-state index in [2.05, 4.69) is 10.5 Å². The fraction of sp³-hybridized carbons (Fsp3) is 0.188. The molecule has 0 bridgehead atoms. The molecule has 126 valence electrons. The van der Waals surface area contributed by atoms with Crippen molar-refractivity contribution in [3.63, 3.8) is 0 Å². The number of hydrogen-bond donors (Lipinski definition) is 1. The van der Waals surface area contributed by atoms with Crippen molar-refractivity contribution < 1.29 is 18.0 Å². The van der Waals surface area contributed by atoms with E-state index in [-0.39, 0.29) is 11.1 Å². The van der Waals surface area contributed by atoms with Gasteiger partial charge in [0.15, 0.2) is 0 Å². The molecule has 1 amide bonds. The Kier molecular flexibility index (Phi) is 5.18. The van der Waals surface area contributed by atoms with Crippen LogP contribution in [-0.2, 0) is 12.7 Å². The molecule has 1 aromatic carbocycles. The number of halogens is 3. The van der Waals surface area contributed by atoms with E-state index in [9.17, 15) is 22.8 Å². The quantitative estimate of drug-likeness (QED) is 0.689. The third-order valence-electron chi connectivity index (χ3n) is 3.20. The molecule has 0 saturated heterocycles. The van der Waals surface area contributed by atoms with Gasteiger partial charge in [-0.25, -0.2) is 5.43 Å². The van der Waals surface area contributed by atoms with Gasteiger partial charge in [0.05, 0.1) is 11.8 Å². The van der Waals surface area contributed by atoms with Gasteiger partial charge in [-0.1, -0.05) is 12.1 Å². The standard InChI is InChI=1S/C16H14F3N3O2/c1-2-22-8-4-7-13(15(22)24)14(23)21-20-10-11-5-3-6-12(9-11)16(17,18)19/h3-10H,2H2,1H3,(H,21,23)/b20-10-. The predicted octanol–water partition coefficient (Wildman–Crippen LogP) is 2.65. The third kappa shape index (κ3) is 4.09. The maximum absolute atomic E-state index is 12.6. The second-order valence-corrected chi connectivity index (χ2v) is 4.84. The van der Waals surface area contributed by atoms with Gasteiger partial charge in [0, 0.05) is 12.7 Å². The summed E-state index contributed by atoms with van der Waals surface area (Å²) in [5, 5.41) is 3.60. The first-order valence-electron chi connectivity index (χ1n) is 7.03. The van der Waals surface area contributed by atoms with E-state index >= 15 is 0 Å². The molecule has 0 aliphatic carbocycles. The van der Waals surface area contributed by atoms with E-state index in [1.165, 1.54) is 22.8 Å². The average Bonchev–Trinajstić information content (AvgIpc) is 2.54. The van der Waals surface area contributed by atoms with E-state index in [1.54, 1.807) is 19.2 Å². The van der Waals surface area contributed by atoms with Crippen LogP contribution in [0.3, 0.4) is 0 Å². The molecular weight excluding hydrogens is 323 g/mol. The smallest absolute Gasteiger partial charge is 0.315 e.